The fourth-order valence-corrected chi connectivity index (χ4v) is 1.84. The second kappa shape index (κ2) is 7.39. The number of amides is 1. The summed E-state index contributed by atoms with van der Waals surface area (Å²) in [6, 6.07) is 7.22. The molecule has 0 saturated heterocycles. The van der Waals surface area contributed by atoms with E-state index in [1.165, 1.54) is 0 Å². The third-order valence-electron chi connectivity index (χ3n) is 2.98. The Morgan fingerprint density at radius 1 is 1.33 bits per heavy atom. The minimum absolute atomic E-state index is 0.103. The largest absolute Gasteiger partial charge is 0.396 e. The number of benzene rings is 1. The van der Waals surface area contributed by atoms with E-state index in [-0.39, 0.29) is 12.5 Å². The zero-order valence-corrected chi connectivity index (χ0v) is 11.9. The molecule has 1 heterocycles. The summed E-state index contributed by atoms with van der Waals surface area (Å²) in [5.74, 6) is -0.103. The molecule has 0 bridgehead atoms. The van der Waals surface area contributed by atoms with Gasteiger partial charge in [-0.25, -0.2) is 0 Å². The van der Waals surface area contributed by atoms with Crippen LogP contribution in [0, 0.1) is 0 Å². The standard InChI is InChI=1S/C14H19N5O2/c1-15-14(21)11-3-5-12(6-4-11)16-9-13-10-19(18-17-13)7-2-8-20/h3-6,10,16,20H,2,7-9H2,1H3,(H,15,21). The molecule has 112 valence electrons. The predicted octanol–water partition coefficient (Wildman–Crippen LogP) is 0.632. The Hall–Kier alpha value is -2.41. The number of nitrogens with zero attached hydrogens (tertiary/aromatic N) is 3. The molecule has 21 heavy (non-hydrogen) atoms. The molecule has 0 unspecified atom stereocenters. The summed E-state index contributed by atoms with van der Waals surface area (Å²) in [7, 11) is 1.61. The van der Waals surface area contributed by atoms with E-state index in [0.717, 1.165) is 11.4 Å². The highest BCUT2D eigenvalue weighted by atomic mass is 16.3. The molecule has 1 aromatic heterocycles. The third kappa shape index (κ3) is 4.28. The van der Waals surface area contributed by atoms with Gasteiger partial charge in [0, 0.05) is 31.5 Å². The van der Waals surface area contributed by atoms with E-state index in [1.54, 1.807) is 23.9 Å². The average Bonchev–Trinajstić information content (AvgIpc) is 2.98. The number of aliphatic hydroxyl groups is 1. The molecule has 0 fully saturated rings. The second-order valence-corrected chi connectivity index (χ2v) is 4.56. The summed E-state index contributed by atoms with van der Waals surface area (Å²) in [5, 5.41) is 22.6. The van der Waals surface area contributed by atoms with Gasteiger partial charge in [0.25, 0.3) is 5.91 Å². The SMILES string of the molecule is CNC(=O)c1ccc(NCc2cn(CCCO)nn2)cc1. The number of carbonyl (C=O) groups is 1. The molecule has 2 rings (SSSR count). The van der Waals surface area contributed by atoms with Gasteiger partial charge >= 0.3 is 0 Å². The topological polar surface area (TPSA) is 92.1 Å². The van der Waals surface area contributed by atoms with Crippen molar-refractivity contribution in [1.82, 2.24) is 20.3 Å². The molecule has 0 aliphatic rings. The van der Waals surface area contributed by atoms with Gasteiger partial charge in [0.2, 0.25) is 0 Å². The van der Waals surface area contributed by atoms with Crippen LogP contribution in [0.15, 0.2) is 30.5 Å². The Morgan fingerprint density at radius 2 is 2.10 bits per heavy atom. The molecule has 2 aromatic rings. The van der Waals surface area contributed by atoms with Crippen LogP contribution in [0.3, 0.4) is 0 Å². The summed E-state index contributed by atoms with van der Waals surface area (Å²) in [4.78, 5) is 11.4. The fourth-order valence-electron chi connectivity index (χ4n) is 1.84. The van der Waals surface area contributed by atoms with Crippen LogP contribution in [-0.2, 0) is 13.1 Å². The van der Waals surface area contributed by atoms with Crippen LogP contribution in [0.5, 0.6) is 0 Å². The van der Waals surface area contributed by atoms with Crippen LogP contribution in [0.1, 0.15) is 22.5 Å². The van der Waals surface area contributed by atoms with Crippen molar-refractivity contribution >= 4 is 11.6 Å². The molecule has 0 aliphatic heterocycles. The minimum Gasteiger partial charge on any atom is -0.396 e. The maximum atomic E-state index is 11.4. The number of rotatable bonds is 7. The van der Waals surface area contributed by atoms with Crippen LogP contribution >= 0.6 is 0 Å². The lowest BCUT2D eigenvalue weighted by molar-refractivity contribution is 0.0963. The number of nitrogens with one attached hydrogen (secondary N) is 2. The first kappa shape index (κ1) is 15.0. The van der Waals surface area contributed by atoms with Crippen molar-refractivity contribution < 1.29 is 9.90 Å². The van der Waals surface area contributed by atoms with E-state index in [9.17, 15) is 4.79 Å². The Morgan fingerprint density at radius 3 is 2.76 bits per heavy atom. The van der Waals surface area contributed by atoms with E-state index in [4.69, 9.17) is 5.11 Å². The smallest absolute Gasteiger partial charge is 0.251 e. The van der Waals surface area contributed by atoms with Crippen LogP contribution in [0.4, 0.5) is 5.69 Å². The van der Waals surface area contributed by atoms with Crippen LogP contribution in [0.25, 0.3) is 0 Å². The van der Waals surface area contributed by atoms with Crippen molar-refractivity contribution in [3.05, 3.63) is 41.7 Å². The first-order chi connectivity index (χ1) is 10.2. The first-order valence-electron chi connectivity index (χ1n) is 6.79. The summed E-state index contributed by atoms with van der Waals surface area (Å²) >= 11 is 0. The lowest BCUT2D eigenvalue weighted by Crippen LogP contribution is -2.17. The number of aliphatic hydroxyl groups excluding tert-OH is 1. The Balaban J connectivity index is 1.87. The lowest BCUT2D eigenvalue weighted by Gasteiger charge is -2.05. The molecule has 0 radical (unpaired) electrons. The molecule has 7 heteroatoms. The molecule has 7 nitrogen and oxygen atoms in total. The number of hydrogen-bond acceptors (Lipinski definition) is 5. The quantitative estimate of drug-likeness (QED) is 0.695. The van der Waals surface area contributed by atoms with Gasteiger partial charge in [-0.2, -0.15) is 0 Å². The highest BCUT2D eigenvalue weighted by Crippen LogP contribution is 2.10. The van der Waals surface area contributed by atoms with Crippen molar-refractivity contribution in [1.29, 1.82) is 0 Å². The highest BCUT2D eigenvalue weighted by molar-refractivity contribution is 5.94. The number of aryl methyl sites for hydroxylation is 1. The maximum absolute atomic E-state index is 11.4. The number of anilines is 1. The molecule has 1 aromatic carbocycles. The number of aromatic nitrogens is 3. The van der Waals surface area contributed by atoms with Gasteiger partial charge < -0.3 is 15.7 Å². The van der Waals surface area contributed by atoms with Gasteiger partial charge in [0.15, 0.2) is 0 Å². The maximum Gasteiger partial charge on any atom is 0.251 e. The summed E-state index contributed by atoms with van der Waals surface area (Å²) < 4.78 is 1.71. The van der Waals surface area contributed by atoms with Gasteiger partial charge in [0.05, 0.1) is 12.7 Å². The normalized spacial score (nSPS) is 10.4. The monoisotopic (exact) mass is 289 g/mol. The molecule has 0 saturated carbocycles. The van der Waals surface area contributed by atoms with E-state index < -0.39 is 0 Å². The molecule has 3 N–H and O–H groups in total. The van der Waals surface area contributed by atoms with E-state index in [1.807, 2.05) is 18.3 Å². The highest BCUT2D eigenvalue weighted by Gasteiger charge is 2.03. The average molecular weight is 289 g/mol. The van der Waals surface area contributed by atoms with Gasteiger partial charge in [-0.15, -0.1) is 5.10 Å². The lowest BCUT2D eigenvalue weighted by atomic mass is 10.2. The molecule has 0 atom stereocenters. The van der Waals surface area contributed by atoms with E-state index in [0.29, 0.717) is 25.1 Å². The summed E-state index contributed by atoms with van der Waals surface area (Å²) in [6.45, 7) is 1.36. The van der Waals surface area contributed by atoms with Crippen LogP contribution < -0.4 is 10.6 Å². The van der Waals surface area contributed by atoms with Crippen molar-refractivity contribution in [3.63, 3.8) is 0 Å². The number of hydrogen-bond donors (Lipinski definition) is 3. The van der Waals surface area contributed by atoms with Crippen LogP contribution in [-0.4, -0.2) is 39.7 Å². The third-order valence-corrected chi connectivity index (χ3v) is 2.98. The van der Waals surface area contributed by atoms with Crippen LogP contribution in [0.2, 0.25) is 0 Å². The Bertz CT molecular complexity index is 579. The van der Waals surface area contributed by atoms with Gasteiger partial charge in [-0.3, -0.25) is 9.48 Å². The zero-order valence-electron chi connectivity index (χ0n) is 11.9. The van der Waals surface area contributed by atoms with Crippen molar-refractivity contribution in [3.8, 4) is 0 Å². The predicted molar refractivity (Wildman–Crippen MR) is 78.9 cm³/mol. The van der Waals surface area contributed by atoms with Crippen molar-refractivity contribution in [2.24, 2.45) is 0 Å². The first-order valence-corrected chi connectivity index (χ1v) is 6.79. The molecule has 1 amide bonds. The fraction of sp³-hybridized carbons (Fsp3) is 0.357. The Labute approximate surface area is 123 Å². The summed E-state index contributed by atoms with van der Waals surface area (Å²) in [6.07, 6.45) is 2.51. The van der Waals surface area contributed by atoms with E-state index >= 15 is 0 Å². The Kier molecular flexibility index (Phi) is 5.28. The zero-order chi connectivity index (χ0) is 15.1. The molecular weight excluding hydrogens is 270 g/mol. The minimum atomic E-state index is -0.103. The van der Waals surface area contributed by atoms with Gasteiger partial charge in [-0.1, -0.05) is 5.21 Å². The molecule has 0 aliphatic carbocycles. The van der Waals surface area contributed by atoms with Crippen molar-refractivity contribution in [2.45, 2.75) is 19.5 Å². The van der Waals surface area contributed by atoms with Gasteiger partial charge in [-0.05, 0) is 30.7 Å². The molecular formula is C14H19N5O2. The number of carbonyl (C=O) groups excluding carboxylic acids is 1. The van der Waals surface area contributed by atoms with E-state index in [2.05, 4.69) is 20.9 Å². The van der Waals surface area contributed by atoms with Gasteiger partial charge in [0.1, 0.15) is 5.69 Å². The molecule has 0 spiro atoms. The second-order valence-electron chi connectivity index (χ2n) is 4.56. The van der Waals surface area contributed by atoms with Crippen molar-refractivity contribution in [2.75, 3.05) is 19.0 Å². The summed E-state index contributed by atoms with van der Waals surface area (Å²) in [5.41, 5.74) is 2.36.